The highest BCUT2D eigenvalue weighted by atomic mass is 79.9. The van der Waals surface area contributed by atoms with E-state index >= 15 is 0 Å². The van der Waals surface area contributed by atoms with Gasteiger partial charge in [-0.1, -0.05) is 32.4 Å². The number of hydrogen-bond donors (Lipinski definition) is 1. The molecule has 0 aromatic heterocycles. The third-order valence-corrected chi connectivity index (χ3v) is 7.40. The van der Waals surface area contributed by atoms with Crippen LogP contribution in [-0.2, 0) is 27.4 Å². The minimum atomic E-state index is -4.74. The summed E-state index contributed by atoms with van der Waals surface area (Å²) in [5.74, 6) is -0.155. The Kier molecular flexibility index (Phi) is 6.14. The lowest BCUT2D eigenvalue weighted by Gasteiger charge is -2.26. The van der Waals surface area contributed by atoms with Crippen LogP contribution in [0.1, 0.15) is 31.9 Å². The maximum atomic E-state index is 13.1. The van der Waals surface area contributed by atoms with E-state index in [0.29, 0.717) is 24.7 Å². The van der Waals surface area contributed by atoms with E-state index in [4.69, 9.17) is 11.6 Å². The number of halogens is 5. The average molecular weight is 540 g/mol. The number of anilines is 2. The Morgan fingerprint density at radius 3 is 2.39 bits per heavy atom. The van der Waals surface area contributed by atoms with Crippen LogP contribution >= 0.6 is 27.5 Å². The van der Waals surface area contributed by atoms with E-state index in [0.717, 1.165) is 17.7 Å². The number of hydrogen-bond acceptors (Lipinski definition) is 3. The van der Waals surface area contributed by atoms with Crippen molar-refractivity contribution in [3.8, 4) is 0 Å². The summed E-state index contributed by atoms with van der Waals surface area (Å²) >= 11 is 8.83. The summed E-state index contributed by atoms with van der Waals surface area (Å²) in [6.07, 6.45) is -4.17. The number of nitrogens with one attached hydrogen (secondary N) is 1. The molecule has 0 saturated carbocycles. The summed E-state index contributed by atoms with van der Waals surface area (Å²) in [6.45, 7) is 5.72. The molecule has 2 aromatic carbocycles. The van der Waals surface area contributed by atoms with Gasteiger partial charge in [0.15, 0.2) is 0 Å². The molecule has 0 saturated heterocycles. The van der Waals surface area contributed by atoms with Crippen LogP contribution < -0.4 is 9.62 Å². The molecule has 0 unspecified atom stereocenters. The van der Waals surface area contributed by atoms with E-state index in [9.17, 15) is 26.4 Å². The first-order valence-electron chi connectivity index (χ1n) is 9.15. The van der Waals surface area contributed by atoms with Crippen molar-refractivity contribution >= 4 is 54.8 Å². The Morgan fingerprint density at radius 2 is 1.81 bits per heavy atom. The van der Waals surface area contributed by atoms with Gasteiger partial charge in [-0.05, 0) is 58.2 Å². The number of alkyl halides is 3. The maximum Gasteiger partial charge on any atom is 0.417 e. The molecule has 3 rings (SSSR count). The smallest absolute Gasteiger partial charge is 0.311 e. The number of rotatable bonds is 3. The van der Waals surface area contributed by atoms with Crippen LogP contribution in [0.5, 0.6) is 0 Å². The lowest BCUT2D eigenvalue weighted by atomic mass is 9.95. The van der Waals surface area contributed by atoms with Gasteiger partial charge < -0.3 is 4.90 Å². The number of fused-ring (bicyclic) bond motifs is 1. The van der Waals surface area contributed by atoms with Crippen molar-refractivity contribution in [2.75, 3.05) is 16.2 Å². The lowest BCUT2D eigenvalue weighted by Crippen LogP contribution is -2.38. The molecular formula is C20H19BrClF3N2O3S. The minimum absolute atomic E-state index is 0.155. The summed E-state index contributed by atoms with van der Waals surface area (Å²) < 4.78 is 67.7. The molecule has 1 N–H and O–H groups in total. The molecule has 0 bridgehead atoms. The second-order valence-electron chi connectivity index (χ2n) is 8.17. The van der Waals surface area contributed by atoms with Gasteiger partial charge in [0, 0.05) is 27.8 Å². The molecule has 31 heavy (non-hydrogen) atoms. The first-order chi connectivity index (χ1) is 14.1. The standard InChI is InChI=1S/C20H19BrClF3N2O3S/c1-19(2,3)18(28)27-7-6-11-8-14(21)17(10-16(11)27)31(29,30)26-12-4-5-15(22)13(9-12)20(23,24)25/h4-5,8-10,26H,6-7H2,1-3H3. The molecule has 1 aliphatic heterocycles. The Balaban J connectivity index is 2.01. The summed E-state index contributed by atoms with van der Waals surface area (Å²) in [5, 5.41) is -0.537. The average Bonchev–Trinajstić information content (AvgIpc) is 3.02. The van der Waals surface area contributed by atoms with E-state index in [1.54, 1.807) is 26.8 Å². The lowest BCUT2D eigenvalue weighted by molar-refractivity contribution is -0.137. The van der Waals surface area contributed by atoms with Gasteiger partial charge in [0.05, 0.1) is 10.6 Å². The summed E-state index contributed by atoms with van der Waals surface area (Å²) in [4.78, 5) is 14.1. The number of carbonyl (C=O) groups is 1. The number of nitrogens with zero attached hydrogens (tertiary/aromatic N) is 1. The SMILES string of the molecule is CC(C)(C)C(=O)N1CCc2cc(Br)c(S(=O)(=O)Nc3ccc(Cl)c(C(F)(F)F)c3)cc21. The molecule has 2 aromatic rings. The molecule has 0 fully saturated rings. The van der Waals surface area contributed by atoms with Gasteiger partial charge in [-0.3, -0.25) is 9.52 Å². The van der Waals surface area contributed by atoms with Crippen LogP contribution in [0.25, 0.3) is 0 Å². The highest BCUT2D eigenvalue weighted by molar-refractivity contribution is 9.10. The van der Waals surface area contributed by atoms with Gasteiger partial charge in [-0.25, -0.2) is 8.42 Å². The topological polar surface area (TPSA) is 66.5 Å². The molecule has 11 heteroatoms. The molecule has 1 aliphatic rings. The second kappa shape index (κ2) is 7.97. The van der Waals surface area contributed by atoms with E-state index in [1.807, 2.05) is 0 Å². The number of carbonyl (C=O) groups excluding carboxylic acids is 1. The molecular weight excluding hydrogens is 521 g/mol. The van der Waals surface area contributed by atoms with Crippen molar-refractivity contribution in [1.29, 1.82) is 0 Å². The maximum absolute atomic E-state index is 13.1. The van der Waals surface area contributed by atoms with E-state index < -0.39 is 32.2 Å². The molecule has 168 valence electrons. The number of sulfonamides is 1. The zero-order valence-electron chi connectivity index (χ0n) is 16.8. The van der Waals surface area contributed by atoms with Crippen LogP contribution in [-0.4, -0.2) is 20.9 Å². The van der Waals surface area contributed by atoms with Crippen molar-refractivity contribution in [1.82, 2.24) is 0 Å². The minimum Gasteiger partial charge on any atom is -0.311 e. The normalized spacial score (nSPS) is 14.5. The van der Waals surface area contributed by atoms with Gasteiger partial charge in [-0.15, -0.1) is 0 Å². The zero-order valence-corrected chi connectivity index (χ0v) is 19.9. The van der Waals surface area contributed by atoms with Gasteiger partial charge in [0.25, 0.3) is 10.0 Å². The third kappa shape index (κ3) is 4.85. The van der Waals surface area contributed by atoms with E-state index in [1.165, 1.54) is 11.0 Å². The zero-order chi connectivity index (χ0) is 23.4. The Hall–Kier alpha value is -1.78. The first-order valence-corrected chi connectivity index (χ1v) is 11.8. The van der Waals surface area contributed by atoms with Crippen molar-refractivity contribution in [3.63, 3.8) is 0 Å². The molecule has 1 amide bonds. The van der Waals surface area contributed by atoms with E-state index in [-0.39, 0.29) is 21.0 Å². The predicted octanol–water partition coefficient (Wildman–Crippen LogP) is 5.86. The third-order valence-electron chi connectivity index (χ3n) is 4.73. The van der Waals surface area contributed by atoms with Gasteiger partial charge in [-0.2, -0.15) is 13.2 Å². The van der Waals surface area contributed by atoms with Crippen LogP contribution in [0, 0.1) is 5.41 Å². The Morgan fingerprint density at radius 1 is 1.16 bits per heavy atom. The van der Waals surface area contributed by atoms with Gasteiger partial charge in [0.1, 0.15) is 4.90 Å². The van der Waals surface area contributed by atoms with Gasteiger partial charge >= 0.3 is 6.18 Å². The summed E-state index contributed by atoms with van der Waals surface area (Å²) in [6, 6.07) is 5.73. The fraction of sp³-hybridized carbons (Fsp3) is 0.350. The highest BCUT2D eigenvalue weighted by Gasteiger charge is 2.35. The highest BCUT2D eigenvalue weighted by Crippen LogP contribution is 2.39. The largest absolute Gasteiger partial charge is 0.417 e. The Bertz CT molecular complexity index is 1160. The number of amides is 1. The molecule has 5 nitrogen and oxygen atoms in total. The Labute approximate surface area is 191 Å². The quantitative estimate of drug-likeness (QED) is 0.532. The second-order valence-corrected chi connectivity index (χ2v) is 11.1. The van der Waals surface area contributed by atoms with Crippen molar-refractivity contribution in [2.24, 2.45) is 5.41 Å². The fourth-order valence-electron chi connectivity index (χ4n) is 3.23. The molecule has 1 heterocycles. The fourth-order valence-corrected chi connectivity index (χ4v) is 5.61. The van der Waals surface area contributed by atoms with Crippen LogP contribution in [0.15, 0.2) is 39.7 Å². The summed E-state index contributed by atoms with van der Waals surface area (Å²) in [5.41, 5.74) is -0.829. The monoisotopic (exact) mass is 538 g/mol. The van der Waals surface area contributed by atoms with E-state index in [2.05, 4.69) is 20.7 Å². The van der Waals surface area contributed by atoms with Crippen molar-refractivity contribution in [2.45, 2.75) is 38.3 Å². The number of benzene rings is 2. The molecule has 0 aliphatic carbocycles. The van der Waals surface area contributed by atoms with Crippen LogP contribution in [0.4, 0.5) is 24.5 Å². The van der Waals surface area contributed by atoms with Crippen LogP contribution in [0.2, 0.25) is 5.02 Å². The van der Waals surface area contributed by atoms with Crippen molar-refractivity contribution < 1.29 is 26.4 Å². The first kappa shape index (κ1) is 23.9. The van der Waals surface area contributed by atoms with Crippen LogP contribution in [0.3, 0.4) is 0 Å². The predicted molar refractivity (Wildman–Crippen MR) is 117 cm³/mol. The molecule has 0 spiro atoms. The summed E-state index contributed by atoms with van der Waals surface area (Å²) in [7, 11) is -4.27. The van der Waals surface area contributed by atoms with Crippen molar-refractivity contribution in [3.05, 3.63) is 51.0 Å². The molecule has 0 atom stereocenters. The van der Waals surface area contributed by atoms with Gasteiger partial charge in [0.2, 0.25) is 5.91 Å². The molecule has 0 radical (unpaired) electrons.